The number of carbonyl (C=O) groups is 2. The molecule has 6 nitrogen and oxygen atoms in total. The highest BCUT2D eigenvalue weighted by Crippen LogP contribution is 2.29. The molecule has 136 valence electrons. The Hall–Kier alpha value is -2.08. The maximum atomic E-state index is 12.8. The predicted octanol–water partition coefficient (Wildman–Crippen LogP) is 1.38. The first-order valence-electron chi connectivity index (χ1n) is 9.01. The van der Waals surface area contributed by atoms with Crippen molar-refractivity contribution in [3.05, 3.63) is 29.3 Å². The Balaban J connectivity index is 1.66. The molecule has 0 radical (unpaired) electrons. The zero-order chi connectivity index (χ0) is 17.8. The van der Waals surface area contributed by atoms with E-state index in [1.54, 1.807) is 0 Å². The zero-order valence-corrected chi connectivity index (χ0v) is 14.9. The smallest absolute Gasteiger partial charge is 0.307 e. The largest absolute Gasteiger partial charge is 0.469 e. The molecular formula is C19H27N3O3. The van der Waals surface area contributed by atoms with Crippen LogP contribution in [-0.4, -0.2) is 44.2 Å². The highest BCUT2D eigenvalue weighted by molar-refractivity contribution is 5.88. The van der Waals surface area contributed by atoms with Gasteiger partial charge in [0.25, 0.3) is 0 Å². The summed E-state index contributed by atoms with van der Waals surface area (Å²) in [6.07, 6.45) is 2.96. The van der Waals surface area contributed by atoms with Gasteiger partial charge in [-0.1, -0.05) is 18.2 Å². The fourth-order valence-electron chi connectivity index (χ4n) is 3.81. The van der Waals surface area contributed by atoms with Crippen LogP contribution in [0, 0.1) is 12.8 Å². The number of amides is 1. The summed E-state index contributed by atoms with van der Waals surface area (Å²) in [6, 6.07) is 5.63. The van der Waals surface area contributed by atoms with Crippen molar-refractivity contribution in [3.63, 3.8) is 0 Å². The summed E-state index contributed by atoms with van der Waals surface area (Å²) in [6.45, 7) is 3.85. The summed E-state index contributed by atoms with van der Waals surface area (Å²) in [5.41, 5.74) is 3.38. The van der Waals surface area contributed by atoms with Gasteiger partial charge in [0.15, 0.2) is 0 Å². The SMILES string of the molecule is COC(=O)C[C@H](NC(=O)C1Cc2cccc(C)c2N1)C1CCCNC1. The number of rotatable bonds is 5. The molecule has 0 saturated carbocycles. The lowest BCUT2D eigenvalue weighted by Gasteiger charge is -2.31. The van der Waals surface area contributed by atoms with Crippen molar-refractivity contribution < 1.29 is 14.3 Å². The van der Waals surface area contributed by atoms with Gasteiger partial charge >= 0.3 is 5.97 Å². The first-order chi connectivity index (χ1) is 12.1. The number of nitrogens with one attached hydrogen (secondary N) is 3. The van der Waals surface area contributed by atoms with Gasteiger partial charge in [0.2, 0.25) is 5.91 Å². The molecular weight excluding hydrogens is 318 g/mol. The lowest BCUT2D eigenvalue weighted by Crippen LogP contribution is -2.51. The number of esters is 1. The number of hydrogen-bond acceptors (Lipinski definition) is 5. The fraction of sp³-hybridized carbons (Fsp3) is 0.579. The first-order valence-corrected chi connectivity index (χ1v) is 9.01. The maximum Gasteiger partial charge on any atom is 0.307 e. The van der Waals surface area contributed by atoms with Crippen LogP contribution in [-0.2, 0) is 20.7 Å². The third-order valence-electron chi connectivity index (χ3n) is 5.26. The van der Waals surface area contributed by atoms with E-state index >= 15 is 0 Å². The molecule has 1 aromatic carbocycles. The molecule has 0 aromatic heterocycles. The van der Waals surface area contributed by atoms with Crippen molar-refractivity contribution in [2.24, 2.45) is 5.92 Å². The average molecular weight is 345 g/mol. The predicted molar refractivity (Wildman–Crippen MR) is 96.5 cm³/mol. The molecule has 2 unspecified atom stereocenters. The second kappa shape index (κ2) is 7.87. The third kappa shape index (κ3) is 4.12. The highest BCUT2D eigenvalue weighted by atomic mass is 16.5. The maximum absolute atomic E-state index is 12.8. The summed E-state index contributed by atoms with van der Waals surface area (Å²) in [5, 5.41) is 9.79. The van der Waals surface area contributed by atoms with E-state index in [-0.39, 0.29) is 36.3 Å². The monoisotopic (exact) mass is 345 g/mol. The summed E-state index contributed by atoms with van der Waals surface area (Å²) in [4.78, 5) is 24.6. The van der Waals surface area contributed by atoms with Crippen molar-refractivity contribution in [3.8, 4) is 0 Å². The second-order valence-corrected chi connectivity index (χ2v) is 7.01. The van der Waals surface area contributed by atoms with Crippen molar-refractivity contribution >= 4 is 17.6 Å². The summed E-state index contributed by atoms with van der Waals surface area (Å²) in [7, 11) is 1.39. The lowest BCUT2D eigenvalue weighted by atomic mass is 9.89. The van der Waals surface area contributed by atoms with Crippen molar-refractivity contribution in [1.82, 2.24) is 10.6 Å². The van der Waals surface area contributed by atoms with E-state index in [0.29, 0.717) is 6.42 Å². The van der Waals surface area contributed by atoms with Gasteiger partial charge < -0.3 is 20.7 Å². The van der Waals surface area contributed by atoms with Gasteiger partial charge in [-0.15, -0.1) is 0 Å². The summed E-state index contributed by atoms with van der Waals surface area (Å²) in [5.74, 6) is -0.0771. The molecule has 0 spiro atoms. The zero-order valence-electron chi connectivity index (χ0n) is 14.9. The van der Waals surface area contributed by atoms with E-state index in [9.17, 15) is 9.59 Å². The second-order valence-electron chi connectivity index (χ2n) is 7.01. The van der Waals surface area contributed by atoms with Gasteiger partial charge in [0.05, 0.1) is 13.5 Å². The first kappa shape index (κ1) is 17.7. The van der Waals surface area contributed by atoms with Crippen molar-refractivity contribution in [1.29, 1.82) is 0 Å². The molecule has 2 aliphatic heterocycles. The van der Waals surface area contributed by atoms with Crippen LogP contribution in [0.5, 0.6) is 0 Å². The van der Waals surface area contributed by atoms with Gasteiger partial charge in [0.1, 0.15) is 6.04 Å². The number of ether oxygens (including phenoxy) is 1. The quantitative estimate of drug-likeness (QED) is 0.703. The molecule has 1 fully saturated rings. The van der Waals surface area contributed by atoms with Gasteiger partial charge in [-0.25, -0.2) is 0 Å². The number of fused-ring (bicyclic) bond motifs is 1. The number of methoxy groups -OCH3 is 1. The molecule has 25 heavy (non-hydrogen) atoms. The van der Waals surface area contributed by atoms with E-state index in [1.165, 1.54) is 12.7 Å². The molecule has 3 atom stereocenters. The number of piperidine rings is 1. The van der Waals surface area contributed by atoms with Crippen LogP contribution in [0.25, 0.3) is 0 Å². The van der Waals surface area contributed by atoms with Gasteiger partial charge in [-0.05, 0) is 49.9 Å². The highest BCUT2D eigenvalue weighted by Gasteiger charge is 2.32. The Bertz CT molecular complexity index is 641. The Morgan fingerprint density at radius 2 is 2.24 bits per heavy atom. The lowest BCUT2D eigenvalue weighted by molar-refractivity contribution is -0.141. The molecule has 2 heterocycles. The number of aryl methyl sites for hydroxylation is 1. The van der Waals surface area contributed by atoms with Crippen LogP contribution in [0.15, 0.2) is 18.2 Å². The van der Waals surface area contributed by atoms with E-state index in [1.807, 2.05) is 19.1 Å². The minimum Gasteiger partial charge on any atom is -0.469 e. The number of hydrogen-bond donors (Lipinski definition) is 3. The molecule has 3 N–H and O–H groups in total. The fourth-order valence-corrected chi connectivity index (χ4v) is 3.81. The van der Waals surface area contributed by atoms with Gasteiger partial charge in [-0.3, -0.25) is 9.59 Å². The number of benzene rings is 1. The van der Waals surface area contributed by atoms with Crippen LogP contribution in [0.4, 0.5) is 5.69 Å². The van der Waals surface area contributed by atoms with Gasteiger partial charge in [0, 0.05) is 18.2 Å². The Labute approximate surface area is 148 Å². The molecule has 1 amide bonds. The minimum absolute atomic E-state index is 0.0462. The third-order valence-corrected chi connectivity index (χ3v) is 5.26. The average Bonchev–Trinajstić information content (AvgIpc) is 3.07. The molecule has 0 bridgehead atoms. The summed E-state index contributed by atoms with van der Waals surface area (Å²) < 4.78 is 4.82. The molecule has 6 heteroatoms. The Morgan fingerprint density at radius 1 is 1.40 bits per heavy atom. The Kier molecular flexibility index (Phi) is 5.58. The van der Waals surface area contributed by atoms with Crippen molar-refractivity contribution in [2.75, 3.05) is 25.5 Å². The molecule has 1 aromatic rings. The normalized spacial score (nSPS) is 23.3. The van der Waals surface area contributed by atoms with Crippen LogP contribution < -0.4 is 16.0 Å². The standard InChI is InChI=1S/C19H27N3O3/c1-12-5-3-6-13-9-16(21-18(12)13)19(24)22-15(10-17(23)25-2)14-7-4-8-20-11-14/h3,5-6,14-16,20-21H,4,7-11H2,1-2H3,(H,22,24)/t14?,15-,16?/m0/s1. The van der Waals surface area contributed by atoms with Crippen molar-refractivity contribution in [2.45, 2.75) is 44.7 Å². The van der Waals surface area contributed by atoms with Crippen LogP contribution in [0.1, 0.15) is 30.4 Å². The number of anilines is 1. The number of para-hydroxylation sites is 1. The topological polar surface area (TPSA) is 79.5 Å². The Morgan fingerprint density at radius 3 is 2.92 bits per heavy atom. The molecule has 0 aliphatic carbocycles. The van der Waals surface area contributed by atoms with Crippen LogP contribution >= 0.6 is 0 Å². The minimum atomic E-state index is -0.284. The van der Waals surface area contributed by atoms with Crippen LogP contribution in [0.3, 0.4) is 0 Å². The molecule has 1 saturated heterocycles. The van der Waals surface area contributed by atoms with E-state index in [4.69, 9.17) is 4.74 Å². The molecule has 2 aliphatic rings. The number of carbonyl (C=O) groups excluding carboxylic acids is 2. The molecule has 3 rings (SSSR count). The van der Waals surface area contributed by atoms with Gasteiger partial charge in [-0.2, -0.15) is 0 Å². The van der Waals surface area contributed by atoms with E-state index < -0.39 is 0 Å². The van der Waals surface area contributed by atoms with Crippen LogP contribution in [0.2, 0.25) is 0 Å². The summed E-state index contributed by atoms with van der Waals surface area (Å²) >= 11 is 0. The van der Waals surface area contributed by atoms with E-state index in [2.05, 4.69) is 22.0 Å². The van der Waals surface area contributed by atoms with E-state index in [0.717, 1.165) is 37.2 Å².